The zero-order valence-electron chi connectivity index (χ0n) is 11.5. The third kappa shape index (κ3) is 146. The van der Waals surface area contributed by atoms with Crippen LogP contribution in [-0.4, -0.2) is 46.4 Å². The van der Waals surface area contributed by atoms with E-state index in [0.717, 1.165) is 0 Å². The van der Waals surface area contributed by atoms with Gasteiger partial charge in [-0.25, -0.2) is 0 Å². The zero-order chi connectivity index (χ0) is 14.5. The van der Waals surface area contributed by atoms with Crippen LogP contribution in [0, 0.1) is 0 Å². The largest absolute Gasteiger partial charge is 0.396 e. The maximum Gasteiger partial charge on any atom is 0.0662 e. The minimum atomic E-state index is -0.257. The van der Waals surface area contributed by atoms with Gasteiger partial charge in [0.25, 0.3) is 0 Å². The van der Waals surface area contributed by atoms with Crippen molar-refractivity contribution >= 4 is 0 Å². The molecule has 17 heavy (non-hydrogen) atoms. The molecule has 0 spiro atoms. The van der Waals surface area contributed by atoms with Gasteiger partial charge in [-0.05, 0) is 33.6 Å². The highest BCUT2D eigenvalue weighted by molar-refractivity contribution is 4.52. The van der Waals surface area contributed by atoms with Crippen LogP contribution >= 0.6 is 0 Å². The third-order valence-corrected chi connectivity index (χ3v) is 0.880. The molecule has 0 aliphatic heterocycles. The van der Waals surface area contributed by atoms with Gasteiger partial charge < -0.3 is 20.4 Å². The van der Waals surface area contributed by atoms with Crippen LogP contribution in [0.4, 0.5) is 0 Å². The molecule has 0 amide bonds. The second kappa shape index (κ2) is 36.2. The monoisotopic (exact) mass is 250 g/mol. The Morgan fingerprint density at radius 2 is 1.24 bits per heavy atom. The Kier molecular flexibility index (Phi) is 53.7. The first-order valence-electron chi connectivity index (χ1n) is 5.66. The molecule has 0 radical (unpaired) electrons. The number of allylic oxidation sites excluding steroid dienone is 2. The fourth-order valence-electron chi connectivity index (χ4n) is 0.387. The van der Waals surface area contributed by atoms with E-state index in [1.54, 1.807) is 19.1 Å². The molecule has 4 heteroatoms. The third-order valence-electron chi connectivity index (χ3n) is 0.880. The van der Waals surface area contributed by atoms with E-state index in [1.165, 1.54) is 0 Å². The Morgan fingerprint density at radius 1 is 0.941 bits per heavy atom. The second-order valence-electron chi connectivity index (χ2n) is 2.98. The van der Waals surface area contributed by atoms with Crippen molar-refractivity contribution in [2.45, 2.75) is 39.7 Å². The molecule has 0 saturated heterocycles. The van der Waals surface area contributed by atoms with Gasteiger partial charge in [-0.1, -0.05) is 12.2 Å². The summed E-state index contributed by atoms with van der Waals surface area (Å²) >= 11 is 0. The van der Waals surface area contributed by atoms with Crippen molar-refractivity contribution in [2.75, 3.05) is 19.8 Å². The van der Waals surface area contributed by atoms with Gasteiger partial charge in [-0.3, -0.25) is 0 Å². The molecular weight excluding hydrogens is 220 g/mol. The lowest BCUT2D eigenvalue weighted by Gasteiger charge is -1.98. The molecule has 0 aliphatic rings. The molecule has 4 N–H and O–H groups in total. The number of aliphatic hydroxyl groups excluding tert-OH is 4. The highest BCUT2D eigenvalue weighted by Gasteiger charge is 1.90. The summed E-state index contributed by atoms with van der Waals surface area (Å²) in [5, 5.41) is 32.0. The Hall–Kier alpha value is -0.680. The maximum atomic E-state index is 8.57. The van der Waals surface area contributed by atoms with Crippen LogP contribution in [0.5, 0.6) is 0 Å². The van der Waals surface area contributed by atoms with Crippen molar-refractivity contribution in [1.29, 1.82) is 0 Å². The molecule has 0 aromatic rings. The molecule has 0 heterocycles. The molecule has 1 unspecified atom stereocenters. The summed E-state index contributed by atoms with van der Waals surface area (Å²) < 4.78 is 0. The van der Waals surface area contributed by atoms with Crippen LogP contribution < -0.4 is 0 Å². The van der Waals surface area contributed by atoms with Crippen LogP contribution in [0.15, 0.2) is 25.3 Å². The smallest absolute Gasteiger partial charge is 0.0662 e. The van der Waals surface area contributed by atoms with Crippen molar-refractivity contribution in [3.63, 3.8) is 0 Å². The molecule has 0 fully saturated rings. The van der Waals surface area contributed by atoms with Crippen molar-refractivity contribution in [1.82, 2.24) is 0 Å². The fraction of sp³-hybridized carbons (Fsp3) is 0.692. The molecule has 0 aromatic heterocycles. The maximum absolute atomic E-state index is 8.57. The van der Waals surface area contributed by atoms with Crippen molar-refractivity contribution in [3.05, 3.63) is 25.3 Å². The van der Waals surface area contributed by atoms with Crippen LogP contribution in [0.3, 0.4) is 0 Å². The van der Waals surface area contributed by atoms with E-state index < -0.39 is 0 Å². The Morgan fingerprint density at radius 3 is 1.29 bits per heavy atom. The minimum absolute atomic E-state index is 0.125. The standard InChI is InChI=1S/C5H12O2.2C3H6.C2H6O2/c1-5(7)3-2-4-6;2*1-3-2;3-1-2-4/h5-7H,2-4H2,1H3;2*3H,1H2,2H3;3-4H,1-2H2. The number of aliphatic hydroxyl groups is 4. The lowest BCUT2D eigenvalue weighted by molar-refractivity contribution is 0.167. The molecule has 1 atom stereocenters. The van der Waals surface area contributed by atoms with E-state index in [2.05, 4.69) is 13.2 Å². The van der Waals surface area contributed by atoms with Crippen LogP contribution in [-0.2, 0) is 0 Å². The fourth-order valence-corrected chi connectivity index (χ4v) is 0.387. The van der Waals surface area contributed by atoms with Crippen molar-refractivity contribution < 1.29 is 20.4 Å². The Labute approximate surface area is 106 Å². The minimum Gasteiger partial charge on any atom is -0.396 e. The summed E-state index contributed by atoms with van der Waals surface area (Å²) in [5.41, 5.74) is 0. The quantitative estimate of drug-likeness (QED) is 0.570. The number of hydrogen-bond donors (Lipinski definition) is 4. The highest BCUT2D eigenvalue weighted by atomic mass is 16.3. The van der Waals surface area contributed by atoms with Crippen LogP contribution in [0.2, 0.25) is 0 Å². The van der Waals surface area contributed by atoms with Crippen molar-refractivity contribution in [3.8, 4) is 0 Å². The van der Waals surface area contributed by atoms with Gasteiger partial charge in [0, 0.05) is 6.61 Å². The Bertz CT molecular complexity index is 106. The first-order valence-corrected chi connectivity index (χ1v) is 5.66. The van der Waals surface area contributed by atoms with E-state index in [1.807, 2.05) is 13.8 Å². The molecule has 0 bridgehead atoms. The molecule has 0 saturated carbocycles. The molecular formula is C13H30O4. The summed E-state index contributed by atoms with van der Waals surface area (Å²) in [5.74, 6) is 0. The first kappa shape index (κ1) is 25.2. The zero-order valence-corrected chi connectivity index (χ0v) is 11.5. The molecule has 0 aliphatic carbocycles. The number of rotatable bonds is 4. The SMILES string of the molecule is C=CC.C=CC.CC(O)CCCO.OCCO. The lowest BCUT2D eigenvalue weighted by Crippen LogP contribution is -1.99. The molecule has 4 nitrogen and oxygen atoms in total. The molecule has 0 rings (SSSR count). The molecule has 0 aromatic carbocycles. The lowest BCUT2D eigenvalue weighted by atomic mass is 10.2. The summed E-state index contributed by atoms with van der Waals surface area (Å²) in [7, 11) is 0. The topological polar surface area (TPSA) is 80.9 Å². The Balaban J connectivity index is -0.0000000726. The summed E-state index contributed by atoms with van der Waals surface area (Å²) in [6.07, 6.45) is 4.65. The second-order valence-corrected chi connectivity index (χ2v) is 2.98. The van der Waals surface area contributed by atoms with Gasteiger partial charge in [0.2, 0.25) is 0 Å². The van der Waals surface area contributed by atoms with E-state index in [0.29, 0.717) is 12.8 Å². The summed E-state index contributed by atoms with van der Waals surface area (Å²) in [6.45, 7) is 12.2. The predicted octanol–water partition coefficient (Wildman–Crippen LogP) is 1.50. The molecule has 106 valence electrons. The van der Waals surface area contributed by atoms with Gasteiger partial charge in [0.05, 0.1) is 19.3 Å². The van der Waals surface area contributed by atoms with Crippen molar-refractivity contribution in [2.24, 2.45) is 0 Å². The summed E-state index contributed by atoms with van der Waals surface area (Å²) in [6, 6.07) is 0. The van der Waals surface area contributed by atoms with E-state index in [4.69, 9.17) is 20.4 Å². The van der Waals surface area contributed by atoms with Gasteiger partial charge >= 0.3 is 0 Å². The van der Waals surface area contributed by atoms with Crippen LogP contribution in [0.25, 0.3) is 0 Å². The van der Waals surface area contributed by atoms with Gasteiger partial charge in [-0.2, -0.15) is 0 Å². The van der Waals surface area contributed by atoms with E-state index >= 15 is 0 Å². The van der Waals surface area contributed by atoms with Crippen LogP contribution in [0.1, 0.15) is 33.6 Å². The average Bonchev–Trinajstić information content (AvgIpc) is 2.29. The highest BCUT2D eigenvalue weighted by Crippen LogP contribution is 1.92. The number of hydrogen-bond acceptors (Lipinski definition) is 4. The first-order chi connectivity index (χ1) is 8.01. The normalized spacial score (nSPS) is 9.12. The van der Waals surface area contributed by atoms with Gasteiger partial charge in [-0.15, -0.1) is 13.2 Å². The predicted molar refractivity (Wildman–Crippen MR) is 73.9 cm³/mol. The van der Waals surface area contributed by atoms with E-state index in [-0.39, 0.29) is 25.9 Å². The average molecular weight is 250 g/mol. The summed E-state index contributed by atoms with van der Waals surface area (Å²) in [4.78, 5) is 0. The van der Waals surface area contributed by atoms with Gasteiger partial charge in [0.15, 0.2) is 0 Å². The van der Waals surface area contributed by atoms with Gasteiger partial charge in [0.1, 0.15) is 0 Å². The van der Waals surface area contributed by atoms with E-state index in [9.17, 15) is 0 Å².